The summed E-state index contributed by atoms with van der Waals surface area (Å²) >= 11 is 1.48. The number of nitrogens with zero attached hydrogens (tertiary/aromatic N) is 2. The standard InChI is InChI=1S/C20H24N4O4S/c1-13-6-7-18(29-13)20(26)21-15-8-10-23(11-9-15)14(2)19(25)22-16-4-3-5-17(12-16)24(27)28/h3-7,12,14-15H,8-11H2,1-2H3,(H,21,26)(H,22,25). The number of aryl methyl sites for hydroxylation is 1. The van der Waals surface area contributed by atoms with E-state index < -0.39 is 4.92 Å². The molecule has 1 aliphatic rings. The van der Waals surface area contributed by atoms with Crippen LogP contribution in [0.1, 0.15) is 34.3 Å². The third-order valence-corrected chi connectivity index (χ3v) is 6.08. The van der Waals surface area contributed by atoms with Crippen LogP contribution >= 0.6 is 11.3 Å². The maximum atomic E-state index is 12.5. The first-order valence-electron chi connectivity index (χ1n) is 9.50. The highest BCUT2D eigenvalue weighted by Gasteiger charge is 2.28. The van der Waals surface area contributed by atoms with E-state index in [4.69, 9.17) is 0 Å². The molecule has 0 radical (unpaired) electrons. The number of nitrogens with one attached hydrogen (secondary N) is 2. The second-order valence-corrected chi connectivity index (χ2v) is 8.45. The number of likely N-dealkylation sites (tertiary alicyclic amines) is 1. The van der Waals surface area contributed by atoms with Crippen molar-refractivity contribution in [3.05, 3.63) is 56.3 Å². The molecule has 1 unspecified atom stereocenters. The molecule has 2 amide bonds. The lowest BCUT2D eigenvalue weighted by Gasteiger charge is -2.35. The predicted molar refractivity (Wildman–Crippen MR) is 112 cm³/mol. The van der Waals surface area contributed by atoms with Crippen molar-refractivity contribution >= 4 is 34.5 Å². The Kier molecular flexibility index (Phi) is 6.60. The van der Waals surface area contributed by atoms with Gasteiger partial charge in [-0.3, -0.25) is 24.6 Å². The van der Waals surface area contributed by atoms with Crippen molar-refractivity contribution in [1.29, 1.82) is 0 Å². The zero-order valence-corrected chi connectivity index (χ0v) is 17.2. The van der Waals surface area contributed by atoms with Crippen LogP contribution in [-0.2, 0) is 4.79 Å². The largest absolute Gasteiger partial charge is 0.349 e. The molecule has 3 rings (SSSR count). The molecule has 29 heavy (non-hydrogen) atoms. The zero-order valence-electron chi connectivity index (χ0n) is 16.4. The zero-order chi connectivity index (χ0) is 21.0. The van der Waals surface area contributed by atoms with E-state index in [1.54, 1.807) is 12.1 Å². The van der Waals surface area contributed by atoms with Gasteiger partial charge >= 0.3 is 0 Å². The number of thiophene rings is 1. The number of anilines is 1. The van der Waals surface area contributed by atoms with Gasteiger partial charge in [0.05, 0.1) is 15.8 Å². The fraction of sp³-hybridized carbons (Fsp3) is 0.400. The van der Waals surface area contributed by atoms with Crippen molar-refractivity contribution in [1.82, 2.24) is 10.2 Å². The molecule has 154 valence electrons. The Morgan fingerprint density at radius 2 is 1.97 bits per heavy atom. The van der Waals surface area contributed by atoms with Crippen molar-refractivity contribution < 1.29 is 14.5 Å². The molecule has 0 saturated carbocycles. The first-order chi connectivity index (χ1) is 13.8. The van der Waals surface area contributed by atoms with E-state index in [-0.39, 0.29) is 29.6 Å². The normalized spacial score (nSPS) is 16.2. The van der Waals surface area contributed by atoms with E-state index in [1.807, 2.05) is 26.0 Å². The van der Waals surface area contributed by atoms with Crippen molar-refractivity contribution in [2.24, 2.45) is 0 Å². The summed E-state index contributed by atoms with van der Waals surface area (Å²) in [5, 5.41) is 16.7. The molecule has 1 aromatic heterocycles. The van der Waals surface area contributed by atoms with Gasteiger partial charge in [0, 0.05) is 41.8 Å². The average molecular weight is 417 g/mol. The van der Waals surface area contributed by atoms with Gasteiger partial charge in [-0.05, 0) is 44.9 Å². The van der Waals surface area contributed by atoms with Crippen LogP contribution in [0.3, 0.4) is 0 Å². The number of hydrogen-bond acceptors (Lipinski definition) is 6. The van der Waals surface area contributed by atoms with E-state index in [2.05, 4.69) is 15.5 Å². The summed E-state index contributed by atoms with van der Waals surface area (Å²) in [7, 11) is 0. The number of rotatable bonds is 6. The van der Waals surface area contributed by atoms with Crippen molar-refractivity contribution in [3.8, 4) is 0 Å². The van der Waals surface area contributed by atoms with Gasteiger partial charge in [-0.1, -0.05) is 6.07 Å². The summed E-state index contributed by atoms with van der Waals surface area (Å²) in [6, 6.07) is 9.40. The summed E-state index contributed by atoms with van der Waals surface area (Å²) in [5.74, 6) is -0.250. The lowest BCUT2D eigenvalue weighted by atomic mass is 10.0. The highest BCUT2D eigenvalue weighted by atomic mass is 32.1. The van der Waals surface area contributed by atoms with Crippen molar-refractivity contribution in [2.75, 3.05) is 18.4 Å². The molecule has 0 aliphatic carbocycles. The Morgan fingerprint density at radius 1 is 1.24 bits per heavy atom. The van der Waals surface area contributed by atoms with Crippen LogP contribution in [0.2, 0.25) is 0 Å². The van der Waals surface area contributed by atoms with Gasteiger partial charge in [-0.15, -0.1) is 11.3 Å². The molecule has 2 heterocycles. The Labute approximate surface area is 173 Å². The molecule has 1 atom stereocenters. The van der Waals surface area contributed by atoms with Crippen LogP contribution in [0.4, 0.5) is 11.4 Å². The molecule has 1 aliphatic heterocycles. The average Bonchev–Trinajstić information content (AvgIpc) is 3.14. The topological polar surface area (TPSA) is 105 Å². The quantitative estimate of drug-likeness (QED) is 0.556. The Morgan fingerprint density at radius 3 is 2.59 bits per heavy atom. The molecule has 2 aromatic rings. The number of piperidine rings is 1. The maximum absolute atomic E-state index is 12.5. The van der Waals surface area contributed by atoms with E-state index in [0.29, 0.717) is 18.8 Å². The summed E-state index contributed by atoms with van der Waals surface area (Å²) in [4.78, 5) is 39.1. The third-order valence-electron chi connectivity index (χ3n) is 5.08. The molecule has 9 heteroatoms. The number of non-ortho nitro benzene ring substituents is 1. The highest BCUT2D eigenvalue weighted by Crippen LogP contribution is 2.20. The Hall–Kier alpha value is -2.78. The minimum atomic E-state index is -0.490. The van der Waals surface area contributed by atoms with E-state index in [0.717, 1.165) is 22.6 Å². The second-order valence-electron chi connectivity index (χ2n) is 7.17. The molecule has 0 bridgehead atoms. The Balaban J connectivity index is 1.49. The molecule has 1 aromatic carbocycles. The fourth-order valence-electron chi connectivity index (χ4n) is 3.35. The van der Waals surface area contributed by atoms with E-state index in [9.17, 15) is 19.7 Å². The number of amides is 2. The molecular formula is C20H24N4O4S. The minimum absolute atomic E-state index is 0.0435. The second kappa shape index (κ2) is 9.15. The number of benzene rings is 1. The summed E-state index contributed by atoms with van der Waals surface area (Å²) < 4.78 is 0. The fourth-order valence-corrected chi connectivity index (χ4v) is 4.12. The summed E-state index contributed by atoms with van der Waals surface area (Å²) in [6.45, 7) is 5.18. The van der Waals surface area contributed by atoms with Crippen LogP contribution in [0.25, 0.3) is 0 Å². The molecular weight excluding hydrogens is 392 g/mol. The van der Waals surface area contributed by atoms with E-state index in [1.165, 1.54) is 23.5 Å². The van der Waals surface area contributed by atoms with Crippen molar-refractivity contribution in [3.63, 3.8) is 0 Å². The van der Waals surface area contributed by atoms with Gasteiger partial charge in [0.2, 0.25) is 5.91 Å². The van der Waals surface area contributed by atoms with Crippen LogP contribution in [0, 0.1) is 17.0 Å². The highest BCUT2D eigenvalue weighted by molar-refractivity contribution is 7.13. The first kappa shape index (κ1) is 20.9. The lowest BCUT2D eigenvalue weighted by Crippen LogP contribution is -2.50. The number of nitro benzene ring substituents is 1. The number of nitro groups is 1. The monoisotopic (exact) mass is 416 g/mol. The van der Waals surface area contributed by atoms with Crippen LogP contribution in [0.15, 0.2) is 36.4 Å². The maximum Gasteiger partial charge on any atom is 0.271 e. The number of hydrogen-bond donors (Lipinski definition) is 2. The number of carbonyl (C=O) groups excluding carboxylic acids is 2. The van der Waals surface area contributed by atoms with Crippen LogP contribution in [0.5, 0.6) is 0 Å². The van der Waals surface area contributed by atoms with Crippen LogP contribution in [-0.4, -0.2) is 46.8 Å². The molecule has 1 saturated heterocycles. The van der Waals surface area contributed by atoms with Gasteiger partial charge < -0.3 is 10.6 Å². The first-order valence-corrected chi connectivity index (χ1v) is 10.3. The minimum Gasteiger partial charge on any atom is -0.349 e. The van der Waals surface area contributed by atoms with Gasteiger partial charge in [0.1, 0.15) is 0 Å². The predicted octanol–water partition coefficient (Wildman–Crippen LogP) is 3.19. The van der Waals surface area contributed by atoms with Gasteiger partial charge in [-0.2, -0.15) is 0 Å². The van der Waals surface area contributed by atoms with Gasteiger partial charge in [0.25, 0.3) is 11.6 Å². The third kappa shape index (κ3) is 5.39. The van der Waals surface area contributed by atoms with E-state index >= 15 is 0 Å². The summed E-state index contributed by atoms with van der Waals surface area (Å²) in [5.41, 5.74) is 0.345. The van der Waals surface area contributed by atoms with Gasteiger partial charge in [-0.25, -0.2) is 0 Å². The molecule has 2 N–H and O–H groups in total. The van der Waals surface area contributed by atoms with Gasteiger partial charge in [0.15, 0.2) is 0 Å². The number of carbonyl (C=O) groups is 2. The lowest BCUT2D eigenvalue weighted by molar-refractivity contribution is -0.384. The molecule has 1 fully saturated rings. The summed E-state index contributed by atoms with van der Waals surface area (Å²) in [6.07, 6.45) is 1.54. The molecule has 8 nitrogen and oxygen atoms in total. The van der Waals surface area contributed by atoms with Crippen LogP contribution < -0.4 is 10.6 Å². The smallest absolute Gasteiger partial charge is 0.271 e. The molecule has 0 spiro atoms. The Bertz CT molecular complexity index is 905. The van der Waals surface area contributed by atoms with Crippen molar-refractivity contribution in [2.45, 2.75) is 38.8 Å². The SMILES string of the molecule is Cc1ccc(C(=O)NC2CCN(C(C)C(=O)Nc3cccc([N+](=O)[O-])c3)CC2)s1.